The van der Waals surface area contributed by atoms with Gasteiger partial charge in [0.05, 0.1) is 38.0 Å². The molecular formula is C27H32N4O7S. The van der Waals surface area contributed by atoms with Crippen LogP contribution in [-0.2, 0) is 19.6 Å². The van der Waals surface area contributed by atoms with E-state index in [1.165, 1.54) is 7.11 Å². The van der Waals surface area contributed by atoms with Crippen LogP contribution in [0, 0.1) is 6.92 Å². The first-order valence-corrected chi connectivity index (χ1v) is 14.2. The predicted octanol–water partition coefficient (Wildman–Crippen LogP) is 3.06. The van der Waals surface area contributed by atoms with Crippen LogP contribution in [0.3, 0.4) is 0 Å². The van der Waals surface area contributed by atoms with Gasteiger partial charge in [-0.3, -0.25) is 14.4 Å². The molecule has 1 aliphatic heterocycles. The molecule has 0 aromatic heterocycles. The summed E-state index contributed by atoms with van der Waals surface area (Å²) in [5, 5.41) is 17.3. The quantitative estimate of drug-likeness (QED) is 0.197. The fourth-order valence-corrected chi connectivity index (χ4v) is 5.03. The second kappa shape index (κ2) is 12.3. The third-order valence-corrected chi connectivity index (χ3v) is 6.79. The van der Waals surface area contributed by atoms with Gasteiger partial charge >= 0.3 is 0 Å². The Morgan fingerprint density at radius 1 is 1.10 bits per heavy atom. The van der Waals surface area contributed by atoms with Gasteiger partial charge < -0.3 is 24.7 Å². The number of nitrogens with zero attached hydrogens (tertiary/aromatic N) is 2. The summed E-state index contributed by atoms with van der Waals surface area (Å²) in [5.41, 5.74) is 1.22. The van der Waals surface area contributed by atoms with Gasteiger partial charge in [-0.1, -0.05) is 29.4 Å². The van der Waals surface area contributed by atoms with Gasteiger partial charge in [0, 0.05) is 30.6 Å². The lowest BCUT2D eigenvalue weighted by Crippen LogP contribution is -2.38. The summed E-state index contributed by atoms with van der Waals surface area (Å²) in [7, 11) is -2.24. The highest BCUT2D eigenvalue weighted by Crippen LogP contribution is 2.36. The Labute approximate surface area is 227 Å². The van der Waals surface area contributed by atoms with Crippen LogP contribution in [0.2, 0.25) is 0 Å². The normalized spacial score (nSPS) is 14.7. The second-order valence-electron chi connectivity index (χ2n) is 9.13. The van der Waals surface area contributed by atoms with Crippen molar-refractivity contribution >= 4 is 43.8 Å². The SMILES string of the molecule is COc1c(NC(=O)C(=NO)c2ccc(OCCN3CCOCC3)c3ccccc23)cc(C)cc1NS(C)(=O)=O. The number of methoxy groups -OCH3 is 1. The number of ether oxygens (including phenoxy) is 3. The van der Waals surface area contributed by atoms with E-state index in [1.54, 1.807) is 31.2 Å². The highest BCUT2D eigenvalue weighted by molar-refractivity contribution is 7.92. The number of nitrogens with one attached hydrogen (secondary N) is 2. The van der Waals surface area contributed by atoms with E-state index in [0.29, 0.717) is 42.1 Å². The number of amides is 1. The van der Waals surface area contributed by atoms with Crippen molar-refractivity contribution in [2.75, 3.05) is 62.9 Å². The van der Waals surface area contributed by atoms with E-state index in [1.807, 2.05) is 24.3 Å². The number of carbonyl (C=O) groups is 1. The number of anilines is 2. The van der Waals surface area contributed by atoms with Crippen LogP contribution < -0.4 is 19.5 Å². The molecule has 0 spiro atoms. The number of hydrogen-bond donors (Lipinski definition) is 3. The molecule has 0 bridgehead atoms. The van der Waals surface area contributed by atoms with Crippen LogP contribution in [0.15, 0.2) is 53.7 Å². The number of carbonyl (C=O) groups excluding carboxylic acids is 1. The monoisotopic (exact) mass is 556 g/mol. The molecule has 3 N–H and O–H groups in total. The molecular weight excluding hydrogens is 524 g/mol. The largest absolute Gasteiger partial charge is 0.492 e. The van der Waals surface area contributed by atoms with Crippen molar-refractivity contribution in [1.82, 2.24) is 4.90 Å². The summed E-state index contributed by atoms with van der Waals surface area (Å²) in [6.07, 6.45) is 1.02. The Bertz CT molecular complexity index is 1480. The predicted molar refractivity (Wildman–Crippen MR) is 150 cm³/mol. The average molecular weight is 557 g/mol. The molecule has 0 saturated carbocycles. The number of morpholine rings is 1. The molecule has 0 aliphatic carbocycles. The molecule has 0 radical (unpaired) electrons. The van der Waals surface area contributed by atoms with E-state index in [-0.39, 0.29) is 22.8 Å². The molecule has 1 amide bonds. The molecule has 1 heterocycles. The standard InChI is InChI=1S/C27H32N4O7S/c1-18-16-22(26(36-2)23(17-18)30-39(3,34)35)28-27(32)25(29-33)21-8-9-24(20-7-5-4-6-19(20)21)38-15-12-31-10-13-37-14-11-31/h4-9,16-17,30,33H,10-15H2,1-3H3,(H,28,32). The number of rotatable bonds is 10. The topological polar surface area (TPSA) is 139 Å². The summed E-state index contributed by atoms with van der Waals surface area (Å²) in [5.74, 6) is 0.0561. The van der Waals surface area contributed by atoms with Crippen LogP contribution in [0.4, 0.5) is 11.4 Å². The minimum absolute atomic E-state index is 0.116. The first-order chi connectivity index (χ1) is 18.7. The first kappa shape index (κ1) is 28.1. The van der Waals surface area contributed by atoms with E-state index in [9.17, 15) is 18.4 Å². The lowest BCUT2D eigenvalue weighted by atomic mass is 9.99. The number of benzene rings is 3. The Balaban J connectivity index is 1.60. The molecule has 12 heteroatoms. The van der Waals surface area contributed by atoms with E-state index in [2.05, 4.69) is 20.1 Å². The molecule has 1 aliphatic rings. The molecule has 1 saturated heterocycles. The molecule has 0 atom stereocenters. The number of oxime groups is 1. The smallest absolute Gasteiger partial charge is 0.278 e. The van der Waals surface area contributed by atoms with Crippen LogP contribution in [0.5, 0.6) is 11.5 Å². The number of fused-ring (bicyclic) bond motifs is 1. The van der Waals surface area contributed by atoms with Gasteiger partial charge in [0.2, 0.25) is 10.0 Å². The average Bonchev–Trinajstić information content (AvgIpc) is 2.89. The minimum Gasteiger partial charge on any atom is -0.492 e. The lowest BCUT2D eigenvalue weighted by Gasteiger charge is -2.26. The third kappa shape index (κ3) is 6.96. The highest BCUT2D eigenvalue weighted by Gasteiger charge is 2.22. The minimum atomic E-state index is -3.60. The zero-order valence-corrected chi connectivity index (χ0v) is 22.9. The Hall–Kier alpha value is -3.87. The maximum atomic E-state index is 13.4. The van der Waals surface area contributed by atoms with Crippen LogP contribution in [0.25, 0.3) is 10.8 Å². The zero-order chi connectivity index (χ0) is 28.0. The summed E-state index contributed by atoms with van der Waals surface area (Å²) < 4.78 is 42.9. The van der Waals surface area contributed by atoms with E-state index in [0.717, 1.165) is 31.3 Å². The van der Waals surface area contributed by atoms with Gasteiger partial charge in [-0.05, 0) is 42.1 Å². The van der Waals surface area contributed by atoms with Crippen molar-refractivity contribution in [1.29, 1.82) is 0 Å². The van der Waals surface area contributed by atoms with E-state index < -0.39 is 15.9 Å². The zero-order valence-electron chi connectivity index (χ0n) is 22.1. The molecule has 1 fully saturated rings. The van der Waals surface area contributed by atoms with Crippen LogP contribution in [-0.4, -0.2) is 83.0 Å². The fraction of sp³-hybridized carbons (Fsp3) is 0.333. The number of hydrogen-bond acceptors (Lipinski definition) is 9. The van der Waals surface area contributed by atoms with Crippen molar-refractivity contribution in [3.8, 4) is 11.5 Å². The summed E-state index contributed by atoms with van der Waals surface area (Å²) >= 11 is 0. The van der Waals surface area contributed by atoms with Crippen molar-refractivity contribution in [3.05, 3.63) is 59.7 Å². The van der Waals surface area contributed by atoms with Crippen molar-refractivity contribution in [3.63, 3.8) is 0 Å². The van der Waals surface area contributed by atoms with Crippen LogP contribution in [0.1, 0.15) is 11.1 Å². The van der Waals surface area contributed by atoms with Gasteiger partial charge in [-0.25, -0.2) is 8.42 Å². The Kier molecular flexibility index (Phi) is 8.90. The summed E-state index contributed by atoms with van der Waals surface area (Å²) in [4.78, 5) is 15.6. The first-order valence-electron chi connectivity index (χ1n) is 12.3. The molecule has 3 aromatic carbocycles. The van der Waals surface area contributed by atoms with Crippen molar-refractivity contribution < 1.29 is 32.6 Å². The van der Waals surface area contributed by atoms with Gasteiger partial charge in [0.25, 0.3) is 5.91 Å². The molecule has 39 heavy (non-hydrogen) atoms. The van der Waals surface area contributed by atoms with Crippen molar-refractivity contribution in [2.24, 2.45) is 5.16 Å². The summed E-state index contributed by atoms with van der Waals surface area (Å²) in [6.45, 7) is 6.16. The van der Waals surface area contributed by atoms with Gasteiger partial charge in [0.1, 0.15) is 12.4 Å². The van der Waals surface area contributed by atoms with E-state index in [4.69, 9.17) is 14.2 Å². The second-order valence-corrected chi connectivity index (χ2v) is 10.9. The van der Waals surface area contributed by atoms with Crippen LogP contribution >= 0.6 is 0 Å². The maximum absolute atomic E-state index is 13.4. The Morgan fingerprint density at radius 3 is 2.46 bits per heavy atom. The van der Waals surface area contributed by atoms with Gasteiger partial charge in [-0.2, -0.15) is 0 Å². The number of aryl methyl sites for hydroxylation is 1. The van der Waals surface area contributed by atoms with E-state index >= 15 is 0 Å². The van der Waals surface area contributed by atoms with Gasteiger partial charge in [0.15, 0.2) is 11.5 Å². The molecule has 4 rings (SSSR count). The van der Waals surface area contributed by atoms with Gasteiger partial charge in [-0.15, -0.1) is 0 Å². The third-order valence-electron chi connectivity index (χ3n) is 6.20. The fourth-order valence-electron chi connectivity index (χ4n) is 4.48. The Morgan fingerprint density at radius 2 is 1.79 bits per heavy atom. The van der Waals surface area contributed by atoms with Crippen molar-refractivity contribution in [2.45, 2.75) is 6.92 Å². The summed E-state index contributed by atoms with van der Waals surface area (Å²) in [6, 6.07) is 14.0. The lowest BCUT2D eigenvalue weighted by molar-refractivity contribution is -0.110. The maximum Gasteiger partial charge on any atom is 0.278 e. The highest BCUT2D eigenvalue weighted by atomic mass is 32.2. The molecule has 208 valence electrons. The molecule has 11 nitrogen and oxygen atoms in total. The molecule has 0 unspecified atom stereocenters. The number of sulfonamides is 1. The molecule has 3 aromatic rings.